The Morgan fingerprint density at radius 2 is 1.95 bits per heavy atom. The molecule has 0 unspecified atom stereocenters. The minimum absolute atomic E-state index is 0.0494. The average molecular weight is 294 g/mol. The second-order valence-electron chi connectivity index (χ2n) is 5.44. The minimum atomic E-state index is 0.0494. The maximum absolute atomic E-state index is 11.8. The van der Waals surface area contributed by atoms with Gasteiger partial charge in [-0.3, -0.25) is 4.79 Å². The summed E-state index contributed by atoms with van der Waals surface area (Å²) in [6.07, 6.45) is 1.37. The van der Waals surface area contributed by atoms with Crippen LogP contribution in [0.3, 0.4) is 0 Å². The fourth-order valence-electron chi connectivity index (χ4n) is 3.00. The third kappa shape index (κ3) is 2.60. The molecule has 4 heteroatoms. The van der Waals surface area contributed by atoms with Crippen molar-refractivity contribution in [2.45, 2.75) is 19.8 Å². The largest absolute Gasteiger partial charge is 0.411 e. The topological polar surface area (TPSA) is 52.9 Å². The van der Waals surface area contributed by atoms with Crippen molar-refractivity contribution in [3.05, 3.63) is 65.2 Å². The number of carbonyl (C=O) groups is 1. The predicted octanol–water partition coefficient (Wildman–Crippen LogP) is 3.02. The number of benzene rings is 2. The van der Waals surface area contributed by atoms with Crippen LogP contribution in [0.15, 0.2) is 53.7 Å². The molecule has 0 saturated carbocycles. The van der Waals surface area contributed by atoms with Gasteiger partial charge in [0.1, 0.15) is 0 Å². The molecule has 0 fully saturated rings. The summed E-state index contributed by atoms with van der Waals surface area (Å²) in [5, 5.41) is 12.8. The Kier molecular flexibility index (Phi) is 3.92. The van der Waals surface area contributed by atoms with E-state index in [4.69, 9.17) is 0 Å². The van der Waals surface area contributed by atoms with E-state index in [1.807, 2.05) is 47.4 Å². The lowest BCUT2D eigenvalue weighted by Gasteiger charge is -2.19. The average Bonchev–Trinajstić information content (AvgIpc) is 2.98. The molecule has 0 saturated heterocycles. The van der Waals surface area contributed by atoms with Crippen molar-refractivity contribution >= 4 is 17.3 Å². The minimum Gasteiger partial charge on any atom is -0.411 e. The van der Waals surface area contributed by atoms with Crippen LogP contribution in [-0.4, -0.2) is 23.4 Å². The Morgan fingerprint density at radius 3 is 2.64 bits per heavy atom. The molecule has 0 aromatic heterocycles. The number of anilines is 1. The highest BCUT2D eigenvalue weighted by atomic mass is 16.4. The van der Waals surface area contributed by atoms with Crippen molar-refractivity contribution in [2.75, 3.05) is 11.4 Å². The van der Waals surface area contributed by atoms with Crippen molar-refractivity contribution in [1.82, 2.24) is 0 Å². The number of fused-ring (bicyclic) bond motifs is 1. The molecule has 1 aliphatic rings. The van der Waals surface area contributed by atoms with E-state index in [9.17, 15) is 10.0 Å². The number of para-hydroxylation sites is 1. The van der Waals surface area contributed by atoms with Crippen molar-refractivity contribution < 1.29 is 10.0 Å². The first-order chi connectivity index (χ1) is 10.7. The van der Waals surface area contributed by atoms with E-state index in [1.165, 1.54) is 5.56 Å². The molecule has 0 atom stereocenters. The van der Waals surface area contributed by atoms with Gasteiger partial charge in [0.05, 0.1) is 11.4 Å². The molecule has 0 spiro atoms. The van der Waals surface area contributed by atoms with E-state index in [1.54, 1.807) is 6.92 Å². The maximum Gasteiger partial charge on any atom is 0.223 e. The van der Waals surface area contributed by atoms with Crippen molar-refractivity contribution in [3.63, 3.8) is 0 Å². The second kappa shape index (κ2) is 6.02. The normalized spacial score (nSPS) is 14.0. The van der Waals surface area contributed by atoms with Crippen LogP contribution in [0.4, 0.5) is 5.69 Å². The summed E-state index contributed by atoms with van der Waals surface area (Å²) in [5.74, 6) is 0.0494. The molecule has 2 aromatic rings. The van der Waals surface area contributed by atoms with Crippen LogP contribution >= 0.6 is 0 Å². The van der Waals surface area contributed by atoms with Gasteiger partial charge >= 0.3 is 0 Å². The summed E-state index contributed by atoms with van der Waals surface area (Å²) in [6.45, 7) is 2.31. The van der Waals surface area contributed by atoms with Gasteiger partial charge in [-0.25, -0.2) is 0 Å². The number of hydrogen-bond donors (Lipinski definition) is 1. The lowest BCUT2D eigenvalue weighted by atomic mass is 9.98. The fraction of sp³-hybridized carbons (Fsp3) is 0.222. The van der Waals surface area contributed by atoms with Crippen LogP contribution in [0.2, 0.25) is 0 Å². The van der Waals surface area contributed by atoms with Gasteiger partial charge in [0.2, 0.25) is 5.91 Å². The first-order valence-electron chi connectivity index (χ1n) is 7.36. The molecule has 1 N–H and O–H groups in total. The molecule has 22 heavy (non-hydrogen) atoms. The fourth-order valence-corrected chi connectivity index (χ4v) is 3.00. The van der Waals surface area contributed by atoms with Gasteiger partial charge in [0.25, 0.3) is 0 Å². The number of nitrogens with zero attached hydrogens (tertiary/aromatic N) is 2. The van der Waals surface area contributed by atoms with Crippen LogP contribution < -0.4 is 4.90 Å². The van der Waals surface area contributed by atoms with Crippen LogP contribution in [0, 0.1) is 0 Å². The lowest BCUT2D eigenvalue weighted by Crippen LogP contribution is -2.27. The molecular formula is C18H18N2O2. The van der Waals surface area contributed by atoms with Gasteiger partial charge < -0.3 is 10.1 Å². The van der Waals surface area contributed by atoms with E-state index in [-0.39, 0.29) is 5.91 Å². The summed E-state index contributed by atoms with van der Waals surface area (Å²) in [5.41, 5.74) is 4.66. The van der Waals surface area contributed by atoms with Crippen molar-refractivity contribution in [1.29, 1.82) is 0 Å². The second-order valence-corrected chi connectivity index (χ2v) is 5.44. The first kappa shape index (κ1) is 14.3. The summed E-state index contributed by atoms with van der Waals surface area (Å²) >= 11 is 0. The van der Waals surface area contributed by atoms with Gasteiger partial charge in [0.15, 0.2) is 0 Å². The molecule has 2 aromatic carbocycles. The van der Waals surface area contributed by atoms with Gasteiger partial charge in [0, 0.05) is 19.9 Å². The molecule has 0 bridgehead atoms. The van der Waals surface area contributed by atoms with E-state index >= 15 is 0 Å². The Balaban J connectivity index is 1.97. The quantitative estimate of drug-likeness (QED) is 0.537. The van der Waals surface area contributed by atoms with Crippen LogP contribution in [0.5, 0.6) is 0 Å². The zero-order chi connectivity index (χ0) is 15.5. The molecule has 1 heterocycles. The Bertz CT molecular complexity index is 723. The number of rotatable bonds is 3. The number of carbonyl (C=O) groups excluding carboxylic acids is 1. The molecule has 0 aliphatic carbocycles. The SMILES string of the molecule is CC(=O)N1CCc2cccc(C/C(=N\O)c3ccccc3)c21. The van der Waals surface area contributed by atoms with E-state index in [0.29, 0.717) is 12.1 Å². The highest BCUT2D eigenvalue weighted by molar-refractivity contribution is 6.03. The summed E-state index contributed by atoms with van der Waals surface area (Å²) < 4.78 is 0. The number of oxime groups is 1. The molecular weight excluding hydrogens is 276 g/mol. The molecule has 4 nitrogen and oxygen atoms in total. The summed E-state index contributed by atoms with van der Waals surface area (Å²) in [4.78, 5) is 13.6. The molecule has 0 radical (unpaired) electrons. The van der Waals surface area contributed by atoms with Gasteiger partial charge in [-0.05, 0) is 23.1 Å². The Labute approximate surface area is 129 Å². The summed E-state index contributed by atoms with van der Waals surface area (Å²) in [6, 6.07) is 15.6. The molecule has 1 aliphatic heterocycles. The smallest absolute Gasteiger partial charge is 0.223 e. The zero-order valence-electron chi connectivity index (χ0n) is 12.5. The van der Waals surface area contributed by atoms with Crippen molar-refractivity contribution in [3.8, 4) is 0 Å². The van der Waals surface area contributed by atoms with E-state index < -0.39 is 0 Å². The molecule has 1 amide bonds. The van der Waals surface area contributed by atoms with Crippen molar-refractivity contribution in [2.24, 2.45) is 5.16 Å². The molecule has 112 valence electrons. The standard InChI is InChI=1S/C18H18N2O2/c1-13(21)20-11-10-15-8-5-9-16(18(15)20)12-17(19-22)14-6-3-2-4-7-14/h2-9,22H,10-12H2,1H3/b19-17+. The summed E-state index contributed by atoms with van der Waals surface area (Å²) in [7, 11) is 0. The highest BCUT2D eigenvalue weighted by Crippen LogP contribution is 2.32. The van der Waals surface area contributed by atoms with Crippen LogP contribution in [0.25, 0.3) is 0 Å². The Hall–Kier alpha value is -2.62. The monoisotopic (exact) mass is 294 g/mol. The van der Waals surface area contributed by atoms with Gasteiger partial charge in [-0.15, -0.1) is 0 Å². The number of amides is 1. The maximum atomic E-state index is 11.8. The van der Waals surface area contributed by atoms with Crippen LogP contribution in [0.1, 0.15) is 23.6 Å². The van der Waals surface area contributed by atoms with Crippen LogP contribution in [-0.2, 0) is 17.6 Å². The highest BCUT2D eigenvalue weighted by Gasteiger charge is 2.25. The van der Waals surface area contributed by atoms with E-state index in [0.717, 1.165) is 29.8 Å². The predicted molar refractivity (Wildman–Crippen MR) is 86.6 cm³/mol. The first-order valence-corrected chi connectivity index (χ1v) is 7.36. The lowest BCUT2D eigenvalue weighted by molar-refractivity contribution is -0.116. The van der Waals surface area contributed by atoms with E-state index in [2.05, 4.69) is 11.2 Å². The third-order valence-electron chi connectivity index (χ3n) is 4.04. The van der Waals surface area contributed by atoms with Gasteiger partial charge in [-0.2, -0.15) is 0 Å². The molecule has 3 rings (SSSR count). The number of hydrogen-bond acceptors (Lipinski definition) is 3. The van der Waals surface area contributed by atoms with Gasteiger partial charge in [-0.1, -0.05) is 53.7 Å². The Morgan fingerprint density at radius 1 is 1.18 bits per heavy atom. The zero-order valence-corrected chi connectivity index (χ0v) is 12.5. The third-order valence-corrected chi connectivity index (χ3v) is 4.04.